The van der Waals surface area contributed by atoms with Gasteiger partial charge in [-0.15, -0.1) is 0 Å². The average Bonchev–Trinajstić information content (AvgIpc) is 2.45. The number of halogens is 2. The van der Waals surface area contributed by atoms with Gasteiger partial charge < -0.3 is 5.73 Å². The van der Waals surface area contributed by atoms with E-state index in [1.807, 2.05) is 6.92 Å². The van der Waals surface area contributed by atoms with E-state index in [9.17, 15) is 8.78 Å². The predicted molar refractivity (Wildman–Crippen MR) is 93.0 cm³/mol. The van der Waals surface area contributed by atoms with E-state index in [0.29, 0.717) is 31.6 Å². The summed E-state index contributed by atoms with van der Waals surface area (Å²) in [6, 6.07) is 0. The molecule has 126 valence electrons. The van der Waals surface area contributed by atoms with Crippen molar-refractivity contribution >= 4 is 9.24 Å². The van der Waals surface area contributed by atoms with Gasteiger partial charge in [0, 0.05) is 5.70 Å². The highest BCUT2D eigenvalue weighted by atomic mass is 31.0. The summed E-state index contributed by atoms with van der Waals surface area (Å²) in [7, 11) is 2.33. The van der Waals surface area contributed by atoms with E-state index in [1.165, 1.54) is 5.57 Å². The maximum atomic E-state index is 13.9. The minimum Gasteiger partial charge on any atom is -0.402 e. The molecule has 0 aromatic heterocycles. The number of hydrogen-bond donors (Lipinski definition) is 1. The predicted octanol–water partition coefficient (Wildman–Crippen LogP) is 5.42. The lowest BCUT2D eigenvalue weighted by molar-refractivity contribution is 0.112. The van der Waals surface area contributed by atoms with Crippen LogP contribution in [0.3, 0.4) is 0 Å². The molecule has 0 bridgehead atoms. The van der Waals surface area contributed by atoms with E-state index >= 15 is 0 Å². The minimum absolute atomic E-state index is 0.286. The molecule has 0 aromatic carbocycles. The van der Waals surface area contributed by atoms with E-state index in [4.69, 9.17) is 5.73 Å². The van der Waals surface area contributed by atoms with Gasteiger partial charge in [0.05, 0.1) is 0 Å². The summed E-state index contributed by atoms with van der Waals surface area (Å²) in [5, 5.41) is -1.10. The fraction of sp³-hybridized carbons (Fsp3) is 0.778. The number of nitrogens with two attached hydrogens (primary N) is 1. The van der Waals surface area contributed by atoms with E-state index in [2.05, 4.69) is 21.4 Å². The van der Waals surface area contributed by atoms with E-state index in [1.54, 1.807) is 6.92 Å². The van der Waals surface area contributed by atoms with Gasteiger partial charge in [0.1, 0.15) is 11.1 Å². The molecule has 0 saturated heterocycles. The molecule has 1 unspecified atom stereocenters. The minimum atomic E-state index is -1.10. The normalized spacial score (nSPS) is 41.5. The SMILES string of the molecule is C/C=C(\C=C(/N)C1CCC(F)(P)CC1)C1CCC(C)(F)CC1. The number of allylic oxidation sites excluding steroid dienone is 4. The topological polar surface area (TPSA) is 26.0 Å². The summed E-state index contributed by atoms with van der Waals surface area (Å²) in [5.41, 5.74) is 7.40. The Labute approximate surface area is 136 Å². The van der Waals surface area contributed by atoms with Gasteiger partial charge in [0.15, 0.2) is 0 Å². The Morgan fingerprint density at radius 1 is 1.05 bits per heavy atom. The Balaban J connectivity index is 1.97. The van der Waals surface area contributed by atoms with Crippen molar-refractivity contribution in [3.05, 3.63) is 23.4 Å². The van der Waals surface area contributed by atoms with Gasteiger partial charge in [-0.2, -0.15) is 0 Å². The number of alkyl halides is 2. The lowest BCUT2D eigenvalue weighted by atomic mass is 9.76. The van der Waals surface area contributed by atoms with Crippen LogP contribution < -0.4 is 5.73 Å². The van der Waals surface area contributed by atoms with Crippen LogP contribution in [0.5, 0.6) is 0 Å². The van der Waals surface area contributed by atoms with E-state index in [0.717, 1.165) is 31.4 Å². The zero-order valence-electron chi connectivity index (χ0n) is 13.9. The Hall–Kier alpha value is -0.430. The van der Waals surface area contributed by atoms with Crippen molar-refractivity contribution in [3.8, 4) is 0 Å². The zero-order valence-corrected chi connectivity index (χ0v) is 15.0. The van der Waals surface area contributed by atoms with Crippen molar-refractivity contribution in [2.24, 2.45) is 17.6 Å². The summed E-state index contributed by atoms with van der Waals surface area (Å²) in [5.74, 6) is 0.701. The van der Waals surface area contributed by atoms with Gasteiger partial charge in [-0.25, -0.2) is 8.78 Å². The standard InChI is InChI=1S/C18H30F2NP/c1-3-13(14-4-8-17(2,19)9-5-14)12-16(21)15-6-10-18(20,22)11-7-15/h3,12,14-15H,4-11,21-22H2,1-2H3/b13-3+,16-12-. The monoisotopic (exact) mass is 329 g/mol. The first-order valence-corrected chi connectivity index (χ1v) is 9.10. The average molecular weight is 329 g/mol. The Bertz CT molecular complexity index is 434. The second-order valence-electron chi connectivity index (χ2n) is 7.43. The van der Waals surface area contributed by atoms with Gasteiger partial charge >= 0.3 is 0 Å². The maximum Gasteiger partial charge on any atom is 0.123 e. The van der Waals surface area contributed by atoms with Gasteiger partial charge in [-0.3, -0.25) is 0 Å². The maximum absolute atomic E-state index is 13.9. The van der Waals surface area contributed by atoms with Crippen molar-refractivity contribution < 1.29 is 8.78 Å². The fourth-order valence-corrected chi connectivity index (χ4v) is 4.06. The molecule has 1 atom stereocenters. The Kier molecular flexibility index (Phi) is 5.69. The molecule has 2 aliphatic carbocycles. The molecule has 22 heavy (non-hydrogen) atoms. The molecule has 4 heteroatoms. The fourth-order valence-electron chi connectivity index (χ4n) is 3.73. The third kappa shape index (κ3) is 4.78. The Morgan fingerprint density at radius 3 is 2.05 bits per heavy atom. The first-order chi connectivity index (χ1) is 10.2. The molecule has 2 aliphatic rings. The number of rotatable bonds is 3. The molecule has 0 spiro atoms. The van der Waals surface area contributed by atoms with Crippen LogP contribution in [-0.2, 0) is 0 Å². The van der Waals surface area contributed by atoms with Crippen LogP contribution >= 0.6 is 9.24 Å². The first-order valence-electron chi connectivity index (χ1n) is 8.52. The molecule has 2 N–H and O–H groups in total. The molecule has 2 rings (SSSR count). The molecule has 2 saturated carbocycles. The highest BCUT2D eigenvalue weighted by molar-refractivity contribution is 7.18. The molecular weight excluding hydrogens is 299 g/mol. The third-order valence-electron chi connectivity index (χ3n) is 5.45. The van der Waals surface area contributed by atoms with Gasteiger partial charge in [0.2, 0.25) is 0 Å². The number of hydrogen-bond acceptors (Lipinski definition) is 1. The quantitative estimate of drug-likeness (QED) is 0.542. The van der Waals surface area contributed by atoms with E-state index < -0.39 is 11.1 Å². The lowest BCUT2D eigenvalue weighted by Gasteiger charge is -2.33. The van der Waals surface area contributed by atoms with Crippen LogP contribution in [0.2, 0.25) is 0 Å². The summed E-state index contributed by atoms with van der Waals surface area (Å²) in [6.45, 7) is 3.73. The van der Waals surface area contributed by atoms with Crippen LogP contribution in [0.25, 0.3) is 0 Å². The second-order valence-corrected chi connectivity index (χ2v) is 8.46. The summed E-state index contributed by atoms with van der Waals surface area (Å²) >= 11 is 0. The molecule has 0 aliphatic heterocycles. The Morgan fingerprint density at radius 2 is 1.55 bits per heavy atom. The molecular formula is C18H30F2NP. The van der Waals surface area contributed by atoms with Crippen molar-refractivity contribution in [1.29, 1.82) is 0 Å². The van der Waals surface area contributed by atoms with Gasteiger partial charge in [0.25, 0.3) is 0 Å². The first kappa shape index (κ1) is 17.9. The summed E-state index contributed by atoms with van der Waals surface area (Å²) in [4.78, 5) is 0. The summed E-state index contributed by atoms with van der Waals surface area (Å²) in [6.07, 6.45) is 9.98. The molecule has 2 fully saturated rings. The van der Waals surface area contributed by atoms with Gasteiger partial charge in [-0.1, -0.05) is 15.3 Å². The zero-order chi connectivity index (χ0) is 16.4. The highest BCUT2D eigenvalue weighted by Gasteiger charge is 2.33. The highest BCUT2D eigenvalue weighted by Crippen LogP contribution is 2.42. The molecule has 0 radical (unpaired) electrons. The molecule has 0 aromatic rings. The smallest absolute Gasteiger partial charge is 0.123 e. The van der Waals surface area contributed by atoms with Crippen molar-refractivity contribution in [2.45, 2.75) is 76.3 Å². The van der Waals surface area contributed by atoms with Crippen LogP contribution in [0, 0.1) is 11.8 Å². The van der Waals surface area contributed by atoms with Crippen LogP contribution in [-0.4, -0.2) is 11.1 Å². The van der Waals surface area contributed by atoms with Crippen LogP contribution in [0.15, 0.2) is 23.4 Å². The van der Waals surface area contributed by atoms with Crippen LogP contribution in [0.4, 0.5) is 8.78 Å². The third-order valence-corrected chi connectivity index (χ3v) is 6.03. The van der Waals surface area contributed by atoms with Crippen molar-refractivity contribution in [2.75, 3.05) is 0 Å². The molecule has 1 nitrogen and oxygen atoms in total. The van der Waals surface area contributed by atoms with Crippen LogP contribution in [0.1, 0.15) is 65.2 Å². The summed E-state index contributed by atoms with van der Waals surface area (Å²) < 4.78 is 27.8. The van der Waals surface area contributed by atoms with Gasteiger partial charge in [-0.05, 0) is 88.7 Å². The molecule has 0 amide bonds. The van der Waals surface area contributed by atoms with Crippen molar-refractivity contribution in [3.63, 3.8) is 0 Å². The lowest BCUT2D eigenvalue weighted by Crippen LogP contribution is -2.28. The molecule has 0 heterocycles. The second kappa shape index (κ2) is 6.99. The largest absolute Gasteiger partial charge is 0.402 e. The van der Waals surface area contributed by atoms with E-state index in [-0.39, 0.29) is 5.92 Å². The van der Waals surface area contributed by atoms with Crippen molar-refractivity contribution in [1.82, 2.24) is 0 Å².